The molecule has 0 radical (unpaired) electrons. The smallest absolute Gasteiger partial charge is 0.277 e. The quantitative estimate of drug-likeness (QED) is 0.547. The van der Waals surface area contributed by atoms with Crippen LogP contribution >= 0.6 is 0 Å². The zero-order valence-electron chi connectivity index (χ0n) is 19.8. The van der Waals surface area contributed by atoms with Gasteiger partial charge in [0.25, 0.3) is 5.91 Å². The van der Waals surface area contributed by atoms with Gasteiger partial charge >= 0.3 is 0 Å². The maximum absolute atomic E-state index is 13.5. The molecular weight excluding hydrogens is 440 g/mol. The topological polar surface area (TPSA) is 67.7 Å². The van der Waals surface area contributed by atoms with Gasteiger partial charge in [-0.15, -0.1) is 0 Å². The van der Waals surface area contributed by atoms with Crippen LogP contribution in [-0.2, 0) is 11.2 Å². The first-order valence-corrected chi connectivity index (χ1v) is 12.2. The molecular formula is C28H28N4O3. The Morgan fingerprint density at radius 1 is 0.914 bits per heavy atom. The van der Waals surface area contributed by atoms with Gasteiger partial charge in [-0.25, -0.2) is 4.68 Å². The number of aromatic nitrogens is 2. The lowest BCUT2D eigenvalue weighted by Gasteiger charge is -2.33. The fraction of sp³-hybridized carbons (Fsp3) is 0.321. The van der Waals surface area contributed by atoms with E-state index in [1.807, 2.05) is 54.7 Å². The van der Waals surface area contributed by atoms with Gasteiger partial charge < -0.3 is 9.64 Å². The molecule has 2 amide bonds. The summed E-state index contributed by atoms with van der Waals surface area (Å²) in [4.78, 5) is 30.0. The molecule has 0 saturated heterocycles. The van der Waals surface area contributed by atoms with E-state index in [1.54, 1.807) is 27.8 Å². The van der Waals surface area contributed by atoms with Crippen molar-refractivity contribution in [3.8, 4) is 11.4 Å². The highest BCUT2D eigenvalue weighted by molar-refractivity contribution is 6.07. The number of fused-ring (bicyclic) bond motifs is 1. The van der Waals surface area contributed by atoms with Crippen LogP contribution in [0.1, 0.15) is 48.2 Å². The summed E-state index contributed by atoms with van der Waals surface area (Å²) in [5.74, 6) is 0.817. The maximum Gasteiger partial charge on any atom is 0.277 e. The van der Waals surface area contributed by atoms with E-state index in [4.69, 9.17) is 4.74 Å². The fourth-order valence-corrected chi connectivity index (χ4v) is 5.63. The largest absolute Gasteiger partial charge is 0.497 e. The summed E-state index contributed by atoms with van der Waals surface area (Å²) in [7, 11) is 1.63. The number of allylic oxidation sites excluding steroid dienone is 1. The lowest BCUT2D eigenvalue weighted by atomic mass is 9.80. The van der Waals surface area contributed by atoms with Crippen LogP contribution in [0.15, 0.2) is 67.0 Å². The molecule has 7 nitrogen and oxygen atoms in total. The summed E-state index contributed by atoms with van der Waals surface area (Å²) >= 11 is 0. The van der Waals surface area contributed by atoms with Crippen LogP contribution < -0.4 is 14.5 Å². The molecule has 3 aromatic rings. The van der Waals surface area contributed by atoms with Crippen molar-refractivity contribution in [2.75, 3.05) is 23.5 Å². The van der Waals surface area contributed by atoms with E-state index >= 15 is 0 Å². The predicted molar refractivity (Wildman–Crippen MR) is 134 cm³/mol. The third kappa shape index (κ3) is 3.71. The summed E-state index contributed by atoms with van der Waals surface area (Å²) in [6.45, 7) is 0.588. The van der Waals surface area contributed by atoms with Gasteiger partial charge in [0.2, 0.25) is 5.91 Å². The molecule has 2 aromatic carbocycles. The van der Waals surface area contributed by atoms with Crippen LogP contribution in [0.25, 0.3) is 5.69 Å². The monoisotopic (exact) mass is 468 g/mol. The van der Waals surface area contributed by atoms with Crippen LogP contribution in [0.3, 0.4) is 0 Å². The molecule has 0 unspecified atom stereocenters. The van der Waals surface area contributed by atoms with Crippen molar-refractivity contribution in [3.05, 3.63) is 78.3 Å². The molecule has 1 fully saturated rings. The summed E-state index contributed by atoms with van der Waals surface area (Å²) in [5, 5.41) is 4.49. The van der Waals surface area contributed by atoms with E-state index in [2.05, 4.69) is 11.2 Å². The van der Waals surface area contributed by atoms with Crippen LogP contribution in [0.5, 0.6) is 5.75 Å². The number of nitrogens with zero attached hydrogens (tertiary/aromatic N) is 4. The standard InChI is InChI=1S/C28H28N4O3/c1-35-24-10-8-23(9-11-24)32-26-20(19-29-32)12-16-31(27(26)34)22-6-4-21(5-7-22)30-17-15-28(18-25(30)33)13-2-3-14-28/h4-11,15,17,19H,2-3,12-14,16,18H2,1H3. The van der Waals surface area contributed by atoms with Gasteiger partial charge in [0.15, 0.2) is 0 Å². The minimum absolute atomic E-state index is 0.0677. The molecule has 1 spiro atoms. The Bertz CT molecular complexity index is 1300. The first-order valence-electron chi connectivity index (χ1n) is 12.2. The molecule has 6 rings (SSSR count). The van der Waals surface area contributed by atoms with Crippen molar-refractivity contribution >= 4 is 23.2 Å². The first-order chi connectivity index (χ1) is 17.1. The second-order valence-corrected chi connectivity index (χ2v) is 9.68. The SMILES string of the molecule is COc1ccc(-n2ncc3c2C(=O)N(c2ccc(N4C=CC5(CCCC5)CC4=O)cc2)CC3)cc1. The van der Waals surface area contributed by atoms with Crippen molar-refractivity contribution in [1.82, 2.24) is 9.78 Å². The highest BCUT2D eigenvalue weighted by Crippen LogP contribution is 2.45. The number of methoxy groups -OCH3 is 1. The number of amides is 2. The molecule has 1 aromatic heterocycles. The molecule has 1 aliphatic carbocycles. The Hall–Kier alpha value is -3.87. The van der Waals surface area contributed by atoms with E-state index in [1.165, 1.54) is 12.8 Å². The van der Waals surface area contributed by atoms with E-state index in [9.17, 15) is 9.59 Å². The number of hydrogen-bond acceptors (Lipinski definition) is 4. The number of carbonyl (C=O) groups excluding carboxylic acids is 2. The lowest BCUT2D eigenvalue weighted by Crippen LogP contribution is -2.38. The lowest BCUT2D eigenvalue weighted by molar-refractivity contribution is -0.120. The number of benzene rings is 2. The summed E-state index contributed by atoms with van der Waals surface area (Å²) in [6, 6.07) is 15.2. The van der Waals surface area contributed by atoms with Crippen LogP contribution in [0, 0.1) is 5.41 Å². The Morgan fingerprint density at radius 3 is 2.29 bits per heavy atom. The minimum Gasteiger partial charge on any atom is -0.497 e. The first kappa shape index (κ1) is 21.6. The third-order valence-electron chi connectivity index (χ3n) is 7.60. The van der Waals surface area contributed by atoms with Crippen molar-refractivity contribution in [2.24, 2.45) is 5.41 Å². The van der Waals surface area contributed by atoms with Gasteiger partial charge in [-0.05, 0) is 73.2 Å². The summed E-state index contributed by atoms with van der Waals surface area (Å²) < 4.78 is 6.95. The number of ether oxygens (including phenoxy) is 1. The van der Waals surface area contributed by atoms with E-state index in [0.717, 1.165) is 47.6 Å². The van der Waals surface area contributed by atoms with Crippen molar-refractivity contribution < 1.29 is 14.3 Å². The van der Waals surface area contributed by atoms with Crippen LogP contribution in [-0.4, -0.2) is 35.2 Å². The maximum atomic E-state index is 13.5. The molecule has 1 saturated carbocycles. The molecule has 0 bridgehead atoms. The molecule has 0 atom stereocenters. The molecule has 2 aliphatic heterocycles. The van der Waals surface area contributed by atoms with Crippen molar-refractivity contribution in [1.29, 1.82) is 0 Å². The number of rotatable bonds is 4. The molecule has 35 heavy (non-hydrogen) atoms. The average Bonchev–Trinajstić information content (AvgIpc) is 3.52. The fourth-order valence-electron chi connectivity index (χ4n) is 5.63. The van der Waals surface area contributed by atoms with Crippen molar-refractivity contribution in [3.63, 3.8) is 0 Å². The molecule has 3 heterocycles. The normalized spacial score (nSPS) is 18.9. The number of carbonyl (C=O) groups is 2. The van der Waals surface area contributed by atoms with E-state index in [0.29, 0.717) is 18.7 Å². The second kappa shape index (κ2) is 8.41. The van der Waals surface area contributed by atoms with Crippen molar-refractivity contribution in [2.45, 2.75) is 38.5 Å². The van der Waals surface area contributed by atoms with Crippen LogP contribution in [0.2, 0.25) is 0 Å². The Balaban J connectivity index is 1.24. The number of hydrogen-bond donors (Lipinski definition) is 0. The highest BCUT2D eigenvalue weighted by Gasteiger charge is 2.38. The van der Waals surface area contributed by atoms with Gasteiger partial charge in [0, 0.05) is 36.1 Å². The summed E-state index contributed by atoms with van der Waals surface area (Å²) in [6.07, 6.45) is 11.9. The highest BCUT2D eigenvalue weighted by atomic mass is 16.5. The van der Waals surface area contributed by atoms with Gasteiger partial charge in [-0.1, -0.05) is 18.9 Å². The van der Waals surface area contributed by atoms with Crippen LogP contribution in [0.4, 0.5) is 11.4 Å². The van der Waals surface area contributed by atoms with Gasteiger partial charge in [-0.3, -0.25) is 14.5 Å². The van der Waals surface area contributed by atoms with Gasteiger partial charge in [-0.2, -0.15) is 5.10 Å². The molecule has 7 heteroatoms. The summed E-state index contributed by atoms with van der Waals surface area (Å²) in [5.41, 5.74) is 4.06. The zero-order valence-corrected chi connectivity index (χ0v) is 19.8. The van der Waals surface area contributed by atoms with E-state index in [-0.39, 0.29) is 17.2 Å². The van der Waals surface area contributed by atoms with Gasteiger partial charge in [0.05, 0.1) is 19.0 Å². The molecule has 3 aliphatic rings. The van der Waals surface area contributed by atoms with E-state index < -0.39 is 0 Å². The zero-order chi connectivity index (χ0) is 24.0. The molecule has 0 N–H and O–H groups in total. The molecule has 178 valence electrons. The second-order valence-electron chi connectivity index (χ2n) is 9.68. The Labute approximate surface area is 204 Å². The third-order valence-corrected chi connectivity index (χ3v) is 7.60. The predicted octanol–water partition coefficient (Wildman–Crippen LogP) is 4.89. The Morgan fingerprint density at radius 2 is 1.60 bits per heavy atom. The van der Waals surface area contributed by atoms with Gasteiger partial charge in [0.1, 0.15) is 11.4 Å². The number of anilines is 2. The average molecular weight is 469 g/mol. The Kier molecular flexibility index (Phi) is 5.20. The minimum atomic E-state index is -0.0792.